The van der Waals surface area contributed by atoms with Crippen LogP contribution < -0.4 is 4.90 Å². The minimum Gasteiger partial charge on any atom is -0.338 e. The lowest BCUT2D eigenvalue weighted by atomic mass is 10.2. The molecule has 0 amide bonds. The van der Waals surface area contributed by atoms with Crippen LogP contribution in [0.2, 0.25) is 0 Å². The van der Waals surface area contributed by atoms with Gasteiger partial charge in [0.15, 0.2) is 4.77 Å². The summed E-state index contributed by atoms with van der Waals surface area (Å²) in [5, 5.41) is 7.28. The Kier molecular flexibility index (Phi) is 3.83. The van der Waals surface area contributed by atoms with Gasteiger partial charge in [-0.25, -0.2) is 5.10 Å². The van der Waals surface area contributed by atoms with Gasteiger partial charge in [-0.05, 0) is 32.6 Å². The molecule has 0 aromatic carbocycles. The van der Waals surface area contributed by atoms with Crippen molar-refractivity contribution in [2.75, 3.05) is 31.6 Å². The van der Waals surface area contributed by atoms with Crippen molar-refractivity contribution in [2.24, 2.45) is 0 Å². The number of H-pyrrole nitrogens is 1. The Bertz CT molecular complexity index is 424. The first-order chi connectivity index (χ1) is 8.13. The fourth-order valence-electron chi connectivity index (χ4n) is 2.21. The maximum absolute atomic E-state index is 5.27. The highest BCUT2D eigenvalue weighted by Crippen LogP contribution is 2.16. The molecular formula is C11H21N5S. The van der Waals surface area contributed by atoms with E-state index in [2.05, 4.69) is 45.5 Å². The van der Waals surface area contributed by atoms with E-state index < -0.39 is 0 Å². The maximum atomic E-state index is 5.27. The minimum absolute atomic E-state index is 0.559. The molecule has 0 bridgehead atoms. The van der Waals surface area contributed by atoms with Gasteiger partial charge in [0.05, 0.1) is 0 Å². The van der Waals surface area contributed by atoms with Gasteiger partial charge in [0, 0.05) is 32.2 Å². The van der Waals surface area contributed by atoms with Gasteiger partial charge >= 0.3 is 0 Å². The second-order valence-corrected chi connectivity index (χ2v) is 5.14. The van der Waals surface area contributed by atoms with Crippen LogP contribution in [0.4, 0.5) is 5.95 Å². The first-order valence-electron chi connectivity index (χ1n) is 6.24. The molecule has 6 heteroatoms. The SMILES string of the molecule is CCCn1c(N2CCN(C)C(C)C2)n[nH]c1=S. The Labute approximate surface area is 107 Å². The Balaban J connectivity index is 2.20. The van der Waals surface area contributed by atoms with Gasteiger partial charge in [-0.15, -0.1) is 5.10 Å². The third kappa shape index (κ3) is 2.52. The van der Waals surface area contributed by atoms with Crippen LogP contribution in [-0.2, 0) is 6.54 Å². The summed E-state index contributed by atoms with van der Waals surface area (Å²) < 4.78 is 2.83. The van der Waals surface area contributed by atoms with E-state index in [-0.39, 0.29) is 0 Å². The highest BCUT2D eigenvalue weighted by molar-refractivity contribution is 7.71. The fraction of sp³-hybridized carbons (Fsp3) is 0.818. The molecule has 0 spiro atoms. The molecule has 1 aliphatic heterocycles. The zero-order chi connectivity index (χ0) is 12.4. The zero-order valence-corrected chi connectivity index (χ0v) is 11.6. The number of hydrogen-bond donors (Lipinski definition) is 1. The van der Waals surface area contributed by atoms with E-state index in [1.807, 2.05) is 0 Å². The Morgan fingerprint density at radius 2 is 2.24 bits per heavy atom. The van der Waals surface area contributed by atoms with Gasteiger partial charge in [-0.1, -0.05) is 6.92 Å². The summed E-state index contributed by atoms with van der Waals surface area (Å²) >= 11 is 5.27. The Morgan fingerprint density at radius 1 is 1.47 bits per heavy atom. The molecule has 1 atom stereocenters. The van der Waals surface area contributed by atoms with Crippen LogP contribution in [0.15, 0.2) is 0 Å². The first-order valence-corrected chi connectivity index (χ1v) is 6.64. The van der Waals surface area contributed by atoms with E-state index in [1.54, 1.807) is 0 Å². The molecule has 0 aliphatic carbocycles. The summed E-state index contributed by atoms with van der Waals surface area (Å²) in [6.45, 7) is 8.45. The van der Waals surface area contributed by atoms with E-state index in [4.69, 9.17) is 12.2 Å². The average Bonchev–Trinajstić information content (AvgIpc) is 2.66. The molecular weight excluding hydrogens is 234 g/mol. The van der Waals surface area contributed by atoms with Gasteiger partial charge < -0.3 is 9.80 Å². The lowest BCUT2D eigenvalue weighted by Gasteiger charge is -2.38. The Hall–Kier alpha value is -0.880. The van der Waals surface area contributed by atoms with Crippen LogP contribution in [-0.4, -0.2) is 52.4 Å². The van der Waals surface area contributed by atoms with E-state index in [0.717, 1.165) is 43.3 Å². The van der Waals surface area contributed by atoms with E-state index in [0.29, 0.717) is 6.04 Å². The first kappa shape index (κ1) is 12.6. The van der Waals surface area contributed by atoms with Gasteiger partial charge in [-0.3, -0.25) is 4.57 Å². The molecule has 96 valence electrons. The number of nitrogens with one attached hydrogen (secondary N) is 1. The number of nitrogens with zero attached hydrogens (tertiary/aromatic N) is 4. The average molecular weight is 255 g/mol. The Morgan fingerprint density at radius 3 is 2.88 bits per heavy atom. The van der Waals surface area contributed by atoms with Crippen LogP contribution >= 0.6 is 12.2 Å². The molecule has 1 aromatic rings. The normalized spacial score (nSPS) is 22.1. The lowest BCUT2D eigenvalue weighted by Crippen LogP contribution is -2.50. The van der Waals surface area contributed by atoms with Crippen molar-refractivity contribution in [3.8, 4) is 0 Å². The predicted molar refractivity (Wildman–Crippen MR) is 72.0 cm³/mol. The molecule has 17 heavy (non-hydrogen) atoms. The summed E-state index contributed by atoms with van der Waals surface area (Å²) in [4.78, 5) is 4.70. The van der Waals surface area contributed by atoms with Crippen molar-refractivity contribution in [3.05, 3.63) is 4.77 Å². The molecule has 1 fully saturated rings. The van der Waals surface area contributed by atoms with Crippen molar-refractivity contribution in [2.45, 2.75) is 32.9 Å². The van der Waals surface area contributed by atoms with Crippen molar-refractivity contribution in [1.29, 1.82) is 0 Å². The summed E-state index contributed by atoms with van der Waals surface area (Å²) in [7, 11) is 2.17. The highest BCUT2D eigenvalue weighted by atomic mass is 32.1. The summed E-state index contributed by atoms with van der Waals surface area (Å²) in [6.07, 6.45) is 1.07. The summed E-state index contributed by atoms with van der Waals surface area (Å²) in [5.41, 5.74) is 0. The molecule has 1 saturated heterocycles. The molecule has 0 radical (unpaired) electrons. The van der Waals surface area contributed by atoms with Gasteiger partial charge in [0.1, 0.15) is 0 Å². The van der Waals surface area contributed by atoms with Crippen molar-refractivity contribution in [3.63, 3.8) is 0 Å². The quantitative estimate of drug-likeness (QED) is 0.831. The smallest absolute Gasteiger partial charge is 0.225 e. The number of rotatable bonds is 3. The van der Waals surface area contributed by atoms with Crippen LogP contribution in [0.5, 0.6) is 0 Å². The van der Waals surface area contributed by atoms with Crippen molar-refractivity contribution < 1.29 is 0 Å². The standard InChI is InChI=1S/C11H21N5S/c1-4-5-16-10(12-13-11(16)17)15-7-6-14(3)9(2)8-15/h9H,4-8H2,1-3H3,(H,13,17). The van der Waals surface area contributed by atoms with Crippen molar-refractivity contribution in [1.82, 2.24) is 19.7 Å². The molecule has 1 aromatic heterocycles. The molecule has 2 heterocycles. The van der Waals surface area contributed by atoms with E-state index in [9.17, 15) is 0 Å². The number of piperazine rings is 1. The van der Waals surface area contributed by atoms with Gasteiger partial charge in [0.25, 0.3) is 0 Å². The third-order valence-electron chi connectivity index (χ3n) is 3.43. The fourth-order valence-corrected chi connectivity index (χ4v) is 2.42. The number of aromatic amines is 1. The van der Waals surface area contributed by atoms with Gasteiger partial charge in [0.2, 0.25) is 5.95 Å². The zero-order valence-electron chi connectivity index (χ0n) is 10.8. The largest absolute Gasteiger partial charge is 0.338 e. The monoisotopic (exact) mass is 255 g/mol. The van der Waals surface area contributed by atoms with Crippen molar-refractivity contribution >= 4 is 18.2 Å². The van der Waals surface area contributed by atoms with Crippen LogP contribution in [0, 0.1) is 4.77 Å². The minimum atomic E-state index is 0.559. The van der Waals surface area contributed by atoms with E-state index >= 15 is 0 Å². The third-order valence-corrected chi connectivity index (χ3v) is 3.74. The summed E-state index contributed by atoms with van der Waals surface area (Å²) in [6, 6.07) is 0.559. The van der Waals surface area contributed by atoms with Crippen LogP contribution in [0.3, 0.4) is 0 Å². The topological polar surface area (TPSA) is 40.1 Å². The van der Waals surface area contributed by atoms with Crippen LogP contribution in [0.25, 0.3) is 0 Å². The summed E-state index contributed by atoms with van der Waals surface area (Å²) in [5.74, 6) is 0.997. The molecule has 0 saturated carbocycles. The number of aromatic nitrogens is 3. The molecule has 2 rings (SSSR count). The number of anilines is 1. The van der Waals surface area contributed by atoms with Crippen LogP contribution in [0.1, 0.15) is 20.3 Å². The second kappa shape index (κ2) is 5.18. The lowest BCUT2D eigenvalue weighted by molar-refractivity contribution is 0.232. The van der Waals surface area contributed by atoms with E-state index in [1.165, 1.54) is 0 Å². The molecule has 5 nitrogen and oxygen atoms in total. The highest BCUT2D eigenvalue weighted by Gasteiger charge is 2.23. The number of likely N-dealkylation sites (N-methyl/N-ethyl adjacent to an activating group) is 1. The number of hydrogen-bond acceptors (Lipinski definition) is 4. The van der Waals surface area contributed by atoms with Gasteiger partial charge in [-0.2, -0.15) is 0 Å². The molecule has 1 unspecified atom stereocenters. The molecule has 1 aliphatic rings. The maximum Gasteiger partial charge on any atom is 0.225 e. The second-order valence-electron chi connectivity index (χ2n) is 4.76. The molecule has 1 N–H and O–H groups in total. The predicted octanol–water partition coefficient (Wildman–Crippen LogP) is 1.49.